The summed E-state index contributed by atoms with van der Waals surface area (Å²) < 4.78 is 44.1. The molecule has 8 nitrogen and oxygen atoms in total. The number of ketones is 1. The SMILES string of the molecule is CC(=O)c1cccc(Nc2ccc(N3C[C@H](CNC(=O)C(F)F)OC3=O)cc2F)c(=O)c1. The Morgan fingerprint density at radius 2 is 1.91 bits per heavy atom. The number of hydrogen-bond donors (Lipinski definition) is 2. The summed E-state index contributed by atoms with van der Waals surface area (Å²) in [6.45, 7) is 0.926. The predicted molar refractivity (Wildman–Crippen MR) is 109 cm³/mol. The molecule has 1 aliphatic heterocycles. The molecular weight excluding hydrogens is 431 g/mol. The summed E-state index contributed by atoms with van der Waals surface area (Å²) in [6.07, 6.45) is -4.89. The highest BCUT2D eigenvalue weighted by molar-refractivity contribution is 5.94. The van der Waals surface area contributed by atoms with Crippen LogP contribution in [0.2, 0.25) is 0 Å². The Bertz CT molecular complexity index is 1130. The number of Topliss-reactive ketones (excluding diaryl/α,β-unsaturated/α-hetero) is 1. The number of nitrogens with zero attached hydrogens (tertiary/aromatic N) is 1. The van der Waals surface area contributed by atoms with E-state index in [9.17, 15) is 32.3 Å². The zero-order valence-electron chi connectivity index (χ0n) is 16.7. The van der Waals surface area contributed by atoms with E-state index in [0.717, 1.165) is 17.0 Å². The number of rotatable bonds is 7. The average molecular weight is 449 g/mol. The van der Waals surface area contributed by atoms with Crippen molar-refractivity contribution < 1.29 is 32.3 Å². The van der Waals surface area contributed by atoms with Gasteiger partial charge in [0.15, 0.2) is 5.78 Å². The molecule has 1 heterocycles. The van der Waals surface area contributed by atoms with Crippen molar-refractivity contribution in [2.75, 3.05) is 23.3 Å². The first-order valence-electron chi connectivity index (χ1n) is 9.41. The van der Waals surface area contributed by atoms with Gasteiger partial charge in [0.05, 0.1) is 30.2 Å². The van der Waals surface area contributed by atoms with Crippen molar-refractivity contribution in [3.8, 4) is 0 Å². The van der Waals surface area contributed by atoms with Crippen LogP contribution in [0.4, 0.5) is 35.0 Å². The fourth-order valence-corrected chi connectivity index (χ4v) is 2.97. The molecule has 3 rings (SSSR count). The molecule has 0 spiro atoms. The van der Waals surface area contributed by atoms with Gasteiger partial charge in [-0.25, -0.2) is 9.18 Å². The molecule has 1 aliphatic rings. The maximum Gasteiger partial charge on any atom is 0.414 e. The second-order valence-electron chi connectivity index (χ2n) is 6.91. The number of benzene rings is 1. The number of ether oxygens (including phenoxy) is 1. The molecule has 0 aliphatic carbocycles. The van der Waals surface area contributed by atoms with Gasteiger partial charge in [-0.3, -0.25) is 19.3 Å². The van der Waals surface area contributed by atoms with Crippen LogP contribution in [-0.2, 0) is 9.53 Å². The smallest absolute Gasteiger partial charge is 0.414 e. The Morgan fingerprint density at radius 1 is 1.16 bits per heavy atom. The molecule has 2 aromatic rings. The molecule has 1 atom stereocenters. The van der Waals surface area contributed by atoms with Crippen LogP contribution >= 0.6 is 0 Å². The number of carbonyl (C=O) groups is 3. The van der Waals surface area contributed by atoms with E-state index in [1.807, 2.05) is 5.32 Å². The van der Waals surface area contributed by atoms with Gasteiger partial charge >= 0.3 is 12.5 Å². The fraction of sp³-hybridized carbons (Fsp3) is 0.238. The van der Waals surface area contributed by atoms with E-state index >= 15 is 0 Å². The molecule has 1 fully saturated rings. The van der Waals surface area contributed by atoms with Gasteiger partial charge in [0, 0.05) is 5.56 Å². The molecule has 0 saturated carbocycles. The minimum atomic E-state index is -3.19. The van der Waals surface area contributed by atoms with Crippen molar-refractivity contribution in [2.24, 2.45) is 0 Å². The van der Waals surface area contributed by atoms with E-state index in [1.54, 1.807) is 0 Å². The molecule has 2 aromatic carbocycles. The van der Waals surface area contributed by atoms with Crippen LogP contribution < -0.4 is 21.0 Å². The molecule has 1 saturated heterocycles. The van der Waals surface area contributed by atoms with Crippen LogP contribution in [0.1, 0.15) is 17.3 Å². The summed E-state index contributed by atoms with van der Waals surface area (Å²) >= 11 is 0. The number of halogens is 3. The van der Waals surface area contributed by atoms with E-state index in [2.05, 4.69) is 5.32 Å². The van der Waals surface area contributed by atoms with Crippen LogP contribution in [0.25, 0.3) is 0 Å². The van der Waals surface area contributed by atoms with Gasteiger partial charge < -0.3 is 15.4 Å². The highest BCUT2D eigenvalue weighted by Crippen LogP contribution is 2.27. The van der Waals surface area contributed by atoms with Crippen molar-refractivity contribution >= 4 is 34.8 Å². The monoisotopic (exact) mass is 449 g/mol. The van der Waals surface area contributed by atoms with Gasteiger partial charge in [-0.2, -0.15) is 8.78 Å². The molecule has 0 radical (unpaired) electrons. The quantitative estimate of drug-likeness (QED) is 0.630. The van der Waals surface area contributed by atoms with Crippen LogP contribution in [0.3, 0.4) is 0 Å². The van der Waals surface area contributed by atoms with Crippen LogP contribution in [-0.4, -0.2) is 43.4 Å². The second-order valence-corrected chi connectivity index (χ2v) is 6.91. The van der Waals surface area contributed by atoms with Gasteiger partial charge in [-0.15, -0.1) is 0 Å². The maximum absolute atomic E-state index is 14.7. The van der Waals surface area contributed by atoms with Crippen LogP contribution in [0.15, 0.2) is 47.3 Å². The highest BCUT2D eigenvalue weighted by atomic mass is 19.3. The summed E-state index contributed by atoms with van der Waals surface area (Å²) in [6, 6.07) is 9.25. The van der Waals surface area contributed by atoms with Crippen molar-refractivity contribution in [3.05, 3.63) is 64.1 Å². The normalized spacial score (nSPS) is 15.5. The number of anilines is 3. The van der Waals surface area contributed by atoms with E-state index in [0.29, 0.717) is 0 Å². The minimum absolute atomic E-state index is 0.0413. The number of cyclic esters (lactones) is 1. The number of alkyl halides is 2. The van der Waals surface area contributed by atoms with Gasteiger partial charge in [0.2, 0.25) is 5.43 Å². The molecule has 32 heavy (non-hydrogen) atoms. The summed E-state index contributed by atoms with van der Waals surface area (Å²) in [5.74, 6) is -2.55. The Morgan fingerprint density at radius 3 is 2.56 bits per heavy atom. The molecule has 2 amide bonds. The summed E-state index contributed by atoms with van der Waals surface area (Å²) in [7, 11) is 0. The van der Waals surface area contributed by atoms with Crippen molar-refractivity contribution in [3.63, 3.8) is 0 Å². The number of amides is 2. The highest BCUT2D eigenvalue weighted by Gasteiger charge is 2.33. The zero-order chi connectivity index (χ0) is 23.4. The summed E-state index contributed by atoms with van der Waals surface area (Å²) in [5.41, 5.74) is -0.166. The minimum Gasteiger partial charge on any atom is -0.442 e. The largest absolute Gasteiger partial charge is 0.442 e. The lowest BCUT2D eigenvalue weighted by Gasteiger charge is -2.15. The first-order valence-corrected chi connectivity index (χ1v) is 9.41. The molecule has 11 heteroatoms. The molecule has 0 unspecified atom stereocenters. The molecular formula is C21H18F3N3O5. The first kappa shape index (κ1) is 22.8. The number of hydrogen-bond acceptors (Lipinski definition) is 6. The standard InChI is InChI=1S/C21H18F3N3O5/c1-11(28)12-3-2-4-17(18(29)7-12)26-16-6-5-13(8-15(16)22)27-10-14(32-21(27)31)9-25-20(30)19(23)24/h2-8,14,19H,9-10H2,1H3,(H,25,30)(H,26,29)/t14-/m0/s1. The van der Waals surface area contributed by atoms with Crippen molar-refractivity contribution in [2.45, 2.75) is 19.5 Å². The third kappa shape index (κ3) is 5.23. The Labute approximate surface area is 180 Å². The fourth-order valence-electron chi connectivity index (χ4n) is 2.97. The summed E-state index contributed by atoms with van der Waals surface area (Å²) in [4.78, 5) is 47.8. The van der Waals surface area contributed by atoms with Gasteiger partial charge in [-0.1, -0.05) is 12.1 Å². The molecule has 2 N–H and O–H groups in total. The van der Waals surface area contributed by atoms with E-state index in [1.165, 1.54) is 37.3 Å². The third-order valence-corrected chi connectivity index (χ3v) is 4.61. The second kappa shape index (κ2) is 9.50. The molecule has 0 bridgehead atoms. The Kier molecular flexibility index (Phi) is 6.76. The average Bonchev–Trinajstić information content (AvgIpc) is 3.00. The van der Waals surface area contributed by atoms with Crippen molar-refractivity contribution in [1.82, 2.24) is 5.32 Å². The maximum atomic E-state index is 14.7. The first-order chi connectivity index (χ1) is 15.2. The van der Waals surface area contributed by atoms with Gasteiger partial charge in [0.1, 0.15) is 11.9 Å². The van der Waals surface area contributed by atoms with Crippen molar-refractivity contribution in [1.29, 1.82) is 0 Å². The lowest BCUT2D eigenvalue weighted by atomic mass is 10.2. The predicted octanol–water partition coefficient (Wildman–Crippen LogP) is 2.84. The Balaban J connectivity index is 1.73. The molecule has 0 aromatic heterocycles. The number of nitrogens with one attached hydrogen (secondary N) is 2. The van der Waals surface area contributed by atoms with E-state index < -0.39 is 35.8 Å². The van der Waals surface area contributed by atoms with E-state index in [4.69, 9.17) is 4.74 Å². The van der Waals surface area contributed by atoms with Gasteiger partial charge in [0.25, 0.3) is 5.91 Å². The lowest BCUT2D eigenvalue weighted by molar-refractivity contribution is -0.132. The summed E-state index contributed by atoms with van der Waals surface area (Å²) in [5, 5.41) is 4.61. The lowest BCUT2D eigenvalue weighted by Crippen LogP contribution is -2.37. The molecule has 168 valence electrons. The third-order valence-electron chi connectivity index (χ3n) is 4.61. The van der Waals surface area contributed by atoms with E-state index in [-0.39, 0.29) is 41.5 Å². The zero-order valence-corrected chi connectivity index (χ0v) is 16.7. The topological polar surface area (TPSA) is 105 Å². The Hall–Kier alpha value is -3.89. The number of carbonyl (C=O) groups excluding carboxylic acids is 3. The van der Waals surface area contributed by atoms with Crippen LogP contribution in [0.5, 0.6) is 0 Å². The van der Waals surface area contributed by atoms with Gasteiger partial charge in [-0.05, 0) is 37.3 Å². The van der Waals surface area contributed by atoms with Crippen LogP contribution in [0, 0.1) is 5.82 Å².